The number of nitrogens with zero attached hydrogens (tertiary/aromatic N) is 2. The average molecular weight is 384 g/mol. The highest BCUT2D eigenvalue weighted by atomic mass is 19.1. The zero-order valence-corrected chi connectivity index (χ0v) is 16.7. The molecule has 0 bridgehead atoms. The van der Waals surface area contributed by atoms with Crippen molar-refractivity contribution in [1.82, 2.24) is 9.80 Å². The van der Waals surface area contributed by atoms with Gasteiger partial charge in [0, 0.05) is 57.9 Å². The first-order valence-electron chi connectivity index (χ1n) is 9.89. The van der Waals surface area contributed by atoms with E-state index < -0.39 is 0 Å². The first kappa shape index (κ1) is 20.6. The molecule has 2 unspecified atom stereocenters. The van der Waals surface area contributed by atoms with Crippen LogP contribution in [0.2, 0.25) is 0 Å². The van der Waals surface area contributed by atoms with Crippen molar-refractivity contribution in [3.05, 3.63) is 71.5 Å². The smallest absolute Gasteiger partial charge is 0.166 e. The lowest BCUT2D eigenvalue weighted by atomic mass is 9.98. The highest BCUT2D eigenvalue weighted by Crippen LogP contribution is 2.19. The number of halogens is 1. The summed E-state index contributed by atoms with van der Waals surface area (Å²) in [6.07, 6.45) is 0.0757. The summed E-state index contributed by atoms with van der Waals surface area (Å²) in [5.41, 5.74) is 1.78. The molecule has 0 aromatic heterocycles. The molecule has 1 aliphatic rings. The van der Waals surface area contributed by atoms with Gasteiger partial charge in [-0.25, -0.2) is 4.39 Å². The quantitative estimate of drug-likeness (QED) is 0.651. The van der Waals surface area contributed by atoms with E-state index >= 15 is 0 Å². The Bertz CT molecular complexity index is 743. The maximum Gasteiger partial charge on any atom is 0.166 e. The van der Waals surface area contributed by atoms with Crippen molar-refractivity contribution >= 4 is 5.78 Å². The lowest BCUT2D eigenvalue weighted by molar-refractivity contribution is 0.0392. The standard InChI is InChI=1S/C23H29FN2O2/c1-18(23(27)20-8-10-21(24)11-9-20)16-25-12-14-26(15-13-25)17-22(28-2)19-6-4-3-5-7-19/h3-11,18,22H,12-17H2,1-2H3. The molecule has 3 rings (SSSR count). The number of methoxy groups -OCH3 is 1. The minimum atomic E-state index is -0.315. The summed E-state index contributed by atoms with van der Waals surface area (Å²) in [5, 5.41) is 0. The third-order valence-electron chi connectivity index (χ3n) is 5.45. The Hall–Kier alpha value is -2.08. The monoisotopic (exact) mass is 384 g/mol. The Balaban J connectivity index is 1.47. The van der Waals surface area contributed by atoms with Crippen molar-refractivity contribution in [2.75, 3.05) is 46.4 Å². The molecule has 0 N–H and O–H groups in total. The van der Waals surface area contributed by atoms with E-state index in [9.17, 15) is 9.18 Å². The average Bonchev–Trinajstić information content (AvgIpc) is 2.74. The molecule has 1 saturated heterocycles. The lowest BCUT2D eigenvalue weighted by Crippen LogP contribution is -2.49. The molecular weight excluding hydrogens is 355 g/mol. The van der Waals surface area contributed by atoms with E-state index in [1.54, 1.807) is 19.2 Å². The van der Waals surface area contributed by atoms with E-state index in [1.807, 2.05) is 25.1 Å². The molecule has 1 fully saturated rings. The van der Waals surface area contributed by atoms with Gasteiger partial charge >= 0.3 is 0 Å². The van der Waals surface area contributed by atoms with Crippen molar-refractivity contribution in [3.63, 3.8) is 0 Å². The molecule has 2 aromatic rings. The Morgan fingerprint density at radius 1 is 0.964 bits per heavy atom. The summed E-state index contributed by atoms with van der Waals surface area (Å²) in [6, 6.07) is 16.1. The third kappa shape index (κ3) is 5.47. The van der Waals surface area contributed by atoms with Crippen LogP contribution >= 0.6 is 0 Å². The molecule has 150 valence electrons. The predicted octanol–water partition coefficient (Wildman–Crippen LogP) is 3.65. The first-order chi connectivity index (χ1) is 13.6. The van der Waals surface area contributed by atoms with E-state index in [0.717, 1.165) is 39.3 Å². The second-order valence-electron chi connectivity index (χ2n) is 7.51. The van der Waals surface area contributed by atoms with Gasteiger partial charge in [0.15, 0.2) is 5.78 Å². The molecule has 5 heteroatoms. The minimum absolute atomic E-state index is 0.0750. The largest absolute Gasteiger partial charge is 0.375 e. The van der Waals surface area contributed by atoms with Crippen molar-refractivity contribution in [3.8, 4) is 0 Å². The van der Waals surface area contributed by atoms with Crippen LogP contribution in [-0.4, -0.2) is 62.0 Å². The van der Waals surface area contributed by atoms with Crippen LogP contribution < -0.4 is 0 Å². The van der Waals surface area contributed by atoms with E-state index in [2.05, 4.69) is 21.9 Å². The van der Waals surface area contributed by atoms with Gasteiger partial charge in [-0.2, -0.15) is 0 Å². The number of benzene rings is 2. The van der Waals surface area contributed by atoms with Crippen LogP contribution in [0.3, 0.4) is 0 Å². The van der Waals surface area contributed by atoms with Crippen molar-refractivity contribution in [1.29, 1.82) is 0 Å². The predicted molar refractivity (Wildman–Crippen MR) is 109 cm³/mol. The highest BCUT2D eigenvalue weighted by Gasteiger charge is 2.24. The van der Waals surface area contributed by atoms with Gasteiger partial charge in [0.25, 0.3) is 0 Å². The molecule has 28 heavy (non-hydrogen) atoms. The highest BCUT2D eigenvalue weighted by molar-refractivity contribution is 5.97. The van der Waals surface area contributed by atoms with Crippen LogP contribution in [0.1, 0.15) is 28.9 Å². The number of Topliss-reactive ketones (excluding diaryl/α,β-unsaturated/α-hetero) is 1. The van der Waals surface area contributed by atoms with Crippen LogP contribution in [0.25, 0.3) is 0 Å². The van der Waals surface area contributed by atoms with E-state index in [1.165, 1.54) is 17.7 Å². The number of ketones is 1. The summed E-state index contributed by atoms with van der Waals surface area (Å²) in [7, 11) is 1.76. The molecule has 1 aliphatic heterocycles. The molecule has 4 nitrogen and oxygen atoms in total. The molecule has 0 spiro atoms. The maximum atomic E-state index is 13.1. The fourth-order valence-corrected chi connectivity index (χ4v) is 3.74. The summed E-state index contributed by atoms with van der Waals surface area (Å²) in [4.78, 5) is 17.3. The number of hydrogen-bond donors (Lipinski definition) is 0. The number of rotatable bonds is 8. The van der Waals surface area contributed by atoms with Gasteiger partial charge < -0.3 is 9.64 Å². The van der Waals surface area contributed by atoms with E-state index in [-0.39, 0.29) is 23.6 Å². The molecular formula is C23H29FN2O2. The van der Waals surface area contributed by atoms with Crippen LogP contribution in [0.4, 0.5) is 4.39 Å². The second kappa shape index (κ2) is 9.92. The fraction of sp³-hybridized carbons (Fsp3) is 0.435. The van der Waals surface area contributed by atoms with Gasteiger partial charge in [-0.3, -0.25) is 9.69 Å². The van der Waals surface area contributed by atoms with E-state index in [0.29, 0.717) is 5.56 Å². The molecule has 0 radical (unpaired) electrons. The SMILES string of the molecule is COC(CN1CCN(CC(C)C(=O)c2ccc(F)cc2)CC1)c1ccccc1. The fourth-order valence-electron chi connectivity index (χ4n) is 3.74. The van der Waals surface area contributed by atoms with Gasteiger partial charge in [0.05, 0.1) is 6.10 Å². The van der Waals surface area contributed by atoms with Crippen molar-refractivity contribution in [2.45, 2.75) is 13.0 Å². The number of piperazine rings is 1. The number of carbonyl (C=O) groups excluding carboxylic acids is 1. The van der Waals surface area contributed by atoms with Gasteiger partial charge in [-0.15, -0.1) is 0 Å². The summed E-state index contributed by atoms with van der Waals surface area (Å²) < 4.78 is 18.7. The molecule has 0 aliphatic carbocycles. The number of carbonyl (C=O) groups is 1. The van der Waals surface area contributed by atoms with Crippen LogP contribution in [0, 0.1) is 11.7 Å². The summed E-state index contributed by atoms with van der Waals surface area (Å²) in [5.74, 6) is -0.343. The van der Waals surface area contributed by atoms with E-state index in [4.69, 9.17) is 4.74 Å². The van der Waals surface area contributed by atoms with Crippen LogP contribution in [0.5, 0.6) is 0 Å². The maximum absolute atomic E-state index is 13.1. The van der Waals surface area contributed by atoms with Gasteiger partial charge in [0.1, 0.15) is 5.82 Å². The third-order valence-corrected chi connectivity index (χ3v) is 5.45. The minimum Gasteiger partial charge on any atom is -0.375 e. The molecule has 0 amide bonds. The summed E-state index contributed by atoms with van der Waals surface area (Å²) in [6.45, 7) is 7.36. The Morgan fingerprint density at radius 3 is 2.11 bits per heavy atom. The van der Waals surface area contributed by atoms with Gasteiger partial charge in [-0.1, -0.05) is 37.3 Å². The Kier molecular flexibility index (Phi) is 7.31. The lowest BCUT2D eigenvalue weighted by Gasteiger charge is -2.37. The van der Waals surface area contributed by atoms with Crippen LogP contribution in [0.15, 0.2) is 54.6 Å². The molecule has 2 aromatic carbocycles. The number of ether oxygens (including phenoxy) is 1. The van der Waals surface area contributed by atoms with Crippen molar-refractivity contribution in [2.24, 2.45) is 5.92 Å². The summed E-state index contributed by atoms with van der Waals surface area (Å²) >= 11 is 0. The van der Waals surface area contributed by atoms with Gasteiger partial charge in [0.2, 0.25) is 0 Å². The normalized spacial score (nSPS) is 18.0. The molecule has 2 atom stereocenters. The molecule has 0 saturated carbocycles. The molecule has 1 heterocycles. The van der Waals surface area contributed by atoms with Gasteiger partial charge in [-0.05, 0) is 29.8 Å². The van der Waals surface area contributed by atoms with Crippen molar-refractivity contribution < 1.29 is 13.9 Å². The zero-order chi connectivity index (χ0) is 19.9. The second-order valence-corrected chi connectivity index (χ2v) is 7.51. The first-order valence-corrected chi connectivity index (χ1v) is 9.89. The zero-order valence-electron chi connectivity index (χ0n) is 16.7. The Labute approximate surface area is 166 Å². The van der Waals surface area contributed by atoms with Crippen LogP contribution in [-0.2, 0) is 4.74 Å². The number of hydrogen-bond acceptors (Lipinski definition) is 4. The topological polar surface area (TPSA) is 32.8 Å². The Morgan fingerprint density at radius 2 is 1.54 bits per heavy atom.